The maximum atomic E-state index is 5.54. The number of nitrogens with two attached hydrogens (primary N) is 1. The lowest BCUT2D eigenvalue weighted by Crippen LogP contribution is -2.43. The summed E-state index contributed by atoms with van der Waals surface area (Å²) in [5.74, 6) is 10.4. The lowest BCUT2D eigenvalue weighted by atomic mass is 9.51. The van der Waals surface area contributed by atoms with Crippen molar-refractivity contribution in [3.8, 4) is 0 Å². The predicted octanol–water partition coefficient (Wildman–Crippen LogP) is 3.51. The van der Waals surface area contributed by atoms with Crippen LogP contribution in [-0.4, -0.2) is 0 Å². The summed E-state index contributed by atoms with van der Waals surface area (Å²) in [6.45, 7) is 0. The van der Waals surface area contributed by atoms with E-state index in [2.05, 4.69) is 29.7 Å². The second kappa shape index (κ2) is 3.99. The van der Waals surface area contributed by atoms with Crippen molar-refractivity contribution in [2.75, 3.05) is 5.43 Å². The first-order valence-electron chi connectivity index (χ1n) is 7.40. The molecule has 96 valence electrons. The van der Waals surface area contributed by atoms with Gasteiger partial charge in [-0.2, -0.15) is 0 Å². The Morgan fingerprint density at radius 2 is 1.61 bits per heavy atom. The Labute approximate surface area is 109 Å². The zero-order valence-corrected chi connectivity index (χ0v) is 10.8. The molecule has 0 heterocycles. The van der Waals surface area contributed by atoms with E-state index in [0.717, 1.165) is 35.3 Å². The van der Waals surface area contributed by atoms with Gasteiger partial charge in [0.25, 0.3) is 0 Å². The van der Waals surface area contributed by atoms with Gasteiger partial charge < -0.3 is 5.43 Å². The molecule has 4 aliphatic carbocycles. The minimum Gasteiger partial charge on any atom is -0.324 e. The van der Waals surface area contributed by atoms with E-state index >= 15 is 0 Å². The summed E-state index contributed by atoms with van der Waals surface area (Å²) in [5.41, 5.74) is 5.37. The Bertz CT molecular complexity index is 426. The van der Waals surface area contributed by atoms with E-state index in [0.29, 0.717) is 0 Å². The van der Waals surface area contributed by atoms with Gasteiger partial charge >= 0.3 is 0 Å². The summed E-state index contributed by atoms with van der Waals surface area (Å²) in [6, 6.07) is 8.79. The fourth-order valence-corrected chi connectivity index (χ4v) is 5.31. The van der Waals surface area contributed by atoms with Crippen LogP contribution in [0.2, 0.25) is 0 Å². The number of hydrazine groups is 1. The number of anilines is 1. The molecule has 4 saturated carbocycles. The maximum Gasteiger partial charge on any atom is 0.0487 e. The molecule has 2 nitrogen and oxygen atoms in total. The first-order valence-corrected chi connectivity index (χ1v) is 7.40. The second-order valence-electron chi connectivity index (χ2n) is 6.73. The minimum absolute atomic E-state index is 0.811. The van der Waals surface area contributed by atoms with Crippen LogP contribution in [0.15, 0.2) is 24.3 Å². The highest BCUT2D eigenvalue weighted by Gasteiger charge is 2.48. The van der Waals surface area contributed by atoms with Gasteiger partial charge in [-0.1, -0.05) is 12.1 Å². The van der Waals surface area contributed by atoms with Crippen molar-refractivity contribution >= 4 is 5.69 Å². The van der Waals surface area contributed by atoms with Crippen molar-refractivity contribution in [3.05, 3.63) is 29.8 Å². The largest absolute Gasteiger partial charge is 0.324 e. The number of hydrogen-bond acceptors (Lipinski definition) is 2. The standard InChI is InChI=1S/C16H22N2/c17-18-15-3-1-2-12(9-15)16-13-5-10-4-11(7-13)8-14(16)6-10/h1-3,9-11,13-14,16,18H,4-8,17H2. The highest BCUT2D eigenvalue weighted by molar-refractivity contribution is 5.46. The van der Waals surface area contributed by atoms with Gasteiger partial charge in [-0.15, -0.1) is 0 Å². The van der Waals surface area contributed by atoms with E-state index in [1.165, 1.54) is 37.7 Å². The molecule has 1 aromatic carbocycles. The van der Waals surface area contributed by atoms with Gasteiger partial charge in [-0.25, -0.2) is 0 Å². The zero-order chi connectivity index (χ0) is 12.1. The molecule has 0 aliphatic heterocycles. The number of benzene rings is 1. The molecule has 0 atom stereocenters. The Kier molecular flexibility index (Phi) is 2.41. The summed E-state index contributed by atoms with van der Waals surface area (Å²) >= 11 is 0. The summed E-state index contributed by atoms with van der Waals surface area (Å²) in [7, 11) is 0. The molecule has 0 radical (unpaired) electrons. The van der Waals surface area contributed by atoms with Gasteiger partial charge in [-0.3, -0.25) is 5.84 Å². The second-order valence-corrected chi connectivity index (χ2v) is 6.73. The highest BCUT2D eigenvalue weighted by Crippen LogP contribution is 2.59. The van der Waals surface area contributed by atoms with Crippen molar-refractivity contribution in [2.45, 2.75) is 38.0 Å². The monoisotopic (exact) mass is 242 g/mol. The fourth-order valence-electron chi connectivity index (χ4n) is 5.31. The maximum absolute atomic E-state index is 5.54. The molecule has 0 saturated heterocycles. The Balaban J connectivity index is 1.68. The molecule has 0 unspecified atom stereocenters. The lowest BCUT2D eigenvalue weighted by Gasteiger charge is -2.54. The summed E-state index contributed by atoms with van der Waals surface area (Å²) in [5, 5.41) is 0. The number of hydrogen-bond donors (Lipinski definition) is 2. The van der Waals surface area contributed by atoms with E-state index in [4.69, 9.17) is 5.84 Å². The predicted molar refractivity (Wildman–Crippen MR) is 74.0 cm³/mol. The molecule has 3 N–H and O–H groups in total. The van der Waals surface area contributed by atoms with Gasteiger partial charge in [-0.05, 0) is 79.4 Å². The van der Waals surface area contributed by atoms with Crippen LogP contribution >= 0.6 is 0 Å². The Morgan fingerprint density at radius 1 is 0.944 bits per heavy atom. The molecule has 0 aromatic heterocycles. The molecule has 4 bridgehead atoms. The Morgan fingerprint density at radius 3 is 2.22 bits per heavy atom. The number of rotatable bonds is 2. The van der Waals surface area contributed by atoms with E-state index in [1.807, 2.05) is 0 Å². The number of nitrogen functional groups attached to an aromatic ring is 1. The molecule has 1 aromatic rings. The van der Waals surface area contributed by atoms with Gasteiger partial charge in [0.15, 0.2) is 0 Å². The smallest absolute Gasteiger partial charge is 0.0487 e. The highest BCUT2D eigenvalue weighted by atomic mass is 15.2. The summed E-state index contributed by atoms with van der Waals surface area (Å²) in [6.07, 6.45) is 7.47. The van der Waals surface area contributed by atoms with Crippen LogP contribution in [0.1, 0.15) is 43.6 Å². The Hall–Kier alpha value is -1.02. The van der Waals surface area contributed by atoms with Crippen LogP contribution in [0.5, 0.6) is 0 Å². The normalized spacial score (nSPS) is 41.1. The third kappa shape index (κ3) is 1.58. The van der Waals surface area contributed by atoms with E-state index in [1.54, 1.807) is 0 Å². The summed E-state index contributed by atoms with van der Waals surface area (Å²) in [4.78, 5) is 0. The lowest BCUT2D eigenvalue weighted by molar-refractivity contribution is -0.00276. The van der Waals surface area contributed by atoms with Crippen molar-refractivity contribution in [2.24, 2.45) is 29.5 Å². The van der Waals surface area contributed by atoms with Crippen molar-refractivity contribution in [1.29, 1.82) is 0 Å². The average molecular weight is 242 g/mol. The van der Waals surface area contributed by atoms with Crippen LogP contribution < -0.4 is 11.3 Å². The first-order chi connectivity index (χ1) is 8.83. The molecule has 4 aliphatic rings. The van der Waals surface area contributed by atoms with Gasteiger partial charge in [0.05, 0.1) is 0 Å². The van der Waals surface area contributed by atoms with E-state index in [-0.39, 0.29) is 0 Å². The van der Waals surface area contributed by atoms with Crippen LogP contribution in [-0.2, 0) is 0 Å². The van der Waals surface area contributed by atoms with Crippen LogP contribution in [0.3, 0.4) is 0 Å². The topological polar surface area (TPSA) is 38.0 Å². The van der Waals surface area contributed by atoms with Crippen molar-refractivity contribution in [1.82, 2.24) is 0 Å². The average Bonchev–Trinajstić information content (AvgIpc) is 2.38. The van der Waals surface area contributed by atoms with E-state index in [9.17, 15) is 0 Å². The van der Waals surface area contributed by atoms with Gasteiger partial charge in [0, 0.05) is 5.69 Å². The molecule has 2 heteroatoms. The van der Waals surface area contributed by atoms with Crippen LogP contribution in [0.4, 0.5) is 5.69 Å². The van der Waals surface area contributed by atoms with Crippen LogP contribution in [0.25, 0.3) is 0 Å². The number of nitrogens with one attached hydrogen (secondary N) is 1. The third-order valence-electron chi connectivity index (χ3n) is 5.66. The summed E-state index contributed by atoms with van der Waals surface area (Å²) < 4.78 is 0. The van der Waals surface area contributed by atoms with Gasteiger partial charge in [0.2, 0.25) is 0 Å². The zero-order valence-electron chi connectivity index (χ0n) is 10.8. The molecular formula is C16H22N2. The quantitative estimate of drug-likeness (QED) is 0.615. The van der Waals surface area contributed by atoms with Crippen molar-refractivity contribution in [3.63, 3.8) is 0 Å². The fraction of sp³-hybridized carbons (Fsp3) is 0.625. The molecule has 4 fully saturated rings. The third-order valence-corrected chi connectivity index (χ3v) is 5.66. The van der Waals surface area contributed by atoms with Gasteiger partial charge in [0.1, 0.15) is 0 Å². The molecule has 5 rings (SSSR count). The molecular weight excluding hydrogens is 220 g/mol. The minimum atomic E-state index is 0.811. The van der Waals surface area contributed by atoms with Crippen molar-refractivity contribution < 1.29 is 0 Å². The molecule has 0 amide bonds. The van der Waals surface area contributed by atoms with E-state index < -0.39 is 0 Å². The SMILES string of the molecule is NNc1cccc(C2C3CC4CC(C3)CC2C4)c1. The van der Waals surface area contributed by atoms with Crippen LogP contribution in [0, 0.1) is 23.7 Å². The first kappa shape index (κ1) is 10.9. The molecule has 0 spiro atoms. The molecule has 18 heavy (non-hydrogen) atoms.